The number of carbonyl (C=O) groups is 4. The van der Waals surface area contributed by atoms with Gasteiger partial charge in [0.1, 0.15) is 11.6 Å². The minimum absolute atomic E-state index is 0.00842. The summed E-state index contributed by atoms with van der Waals surface area (Å²) in [7, 11) is 1.24. The average molecular weight is 446 g/mol. The summed E-state index contributed by atoms with van der Waals surface area (Å²) >= 11 is 0. The Morgan fingerprint density at radius 2 is 1.88 bits per heavy atom. The van der Waals surface area contributed by atoms with Crippen molar-refractivity contribution < 1.29 is 28.7 Å². The molecule has 2 aliphatic rings. The predicted octanol–water partition coefficient (Wildman–Crippen LogP) is 2.48. The molecule has 9 heteroatoms. The van der Waals surface area contributed by atoms with Gasteiger partial charge >= 0.3 is 18.1 Å². The molecule has 2 fully saturated rings. The van der Waals surface area contributed by atoms with Crippen molar-refractivity contribution in [1.82, 2.24) is 15.1 Å². The van der Waals surface area contributed by atoms with Crippen molar-refractivity contribution >= 4 is 24.0 Å². The van der Waals surface area contributed by atoms with Crippen LogP contribution >= 0.6 is 0 Å². The fourth-order valence-electron chi connectivity index (χ4n) is 4.26. The van der Waals surface area contributed by atoms with Crippen molar-refractivity contribution in [2.24, 2.45) is 0 Å². The van der Waals surface area contributed by atoms with Gasteiger partial charge in [0.15, 0.2) is 0 Å². The molecule has 0 spiro atoms. The lowest BCUT2D eigenvalue weighted by atomic mass is 9.91. The Balaban J connectivity index is 1.79. The van der Waals surface area contributed by atoms with Crippen LogP contribution in [0, 0.1) is 0 Å². The molecule has 0 unspecified atom stereocenters. The number of hydrogen-bond donors (Lipinski definition) is 1. The van der Waals surface area contributed by atoms with E-state index in [2.05, 4.69) is 5.32 Å². The molecule has 1 N–H and O–H groups in total. The van der Waals surface area contributed by atoms with Crippen LogP contribution in [0.1, 0.15) is 45.6 Å². The molecule has 32 heavy (non-hydrogen) atoms. The highest BCUT2D eigenvalue weighted by molar-refractivity contribution is 6.01. The number of esters is 1. The number of urea groups is 1. The Bertz CT molecular complexity index is 866. The van der Waals surface area contributed by atoms with Crippen LogP contribution in [0.25, 0.3) is 0 Å². The number of nitrogens with zero attached hydrogens (tertiary/aromatic N) is 2. The van der Waals surface area contributed by atoms with Gasteiger partial charge in [-0.05, 0) is 39.2 Å². The summed E-state index contributed by atoms with van der Waals surface area (Å²) in [6, 6.07) is 6.70. The van der Waals surface area contributed by atoms with Crippen molar-refractivity contribution in [3.8, 4) is 0 Å². The van der Waals surface area contributed by atoms with E-state index in [0.29, 0.717) is 19.4 Å². The number of rotatable bonds is 5. The second-order valence-corrected chi connectivity index (χ2v) is 9.13. The number of fused-ring (bicyclic) bond motifs is 1. The lowest BCUT2D eigenvalue weighted by Gasteiger charge is -2.47. The number of amides is 4. The molecule has 2 aliphatic heterocycles. The zero-order valence-corrected chi connectivity index (χ0v) is 19.0. The topological polar surface area (TPSA) is 105 Å². The molecule has 9 nitrogen and oxygen atoms in total. The molecule has 3 atom stereocenters. The fourth-order valence-corrected chi connectivity index (χ4v) is 4.26. The van der Waals surface area contributed by atoms with E-state index in [-0.39, 0.29) is 12.8 Å². The Labute approximate surface area is 188 Å². The summed E-state index contributed by atoms with van der Waals surface area (Å²) in [4.78, 5) is 53.9. The molecular formula is C23H31N3O6. The maximum atomic E-state index is 13.4. The van der Waals surface area contributed by atoms with Crippen molar-refractivity contribution in [2.75, 3.05) is 13.7 Å². The summed E-state index contributed by atoms with van der Waals surface area (Å²) in [5.74, 6) is -1.10. The number of nitrogens with one attached hydrogen (secondary N) is 1. The van der Waals surface area contributed by atoms with Gasteiger partial charge in [0, 0.05) is 19.4 Å². The van der Waals surface area contributed by atoms with Crippen molar-refractivity contribution in [3.63, 3.8) is 0 Å². The molecule has 2 heterocycles. The van der Waals surface area contributed by atoms with Crippen molar-refractivity contribution in [3.05, 3.63) is 35.9 Å². The van der Waals surface area contributed by atoms with Gasteiger partial charge in [-0.15, -0.1) is 0 Å². The first kappa shape index (κ1) is 23.6. The molecular weight excluding hydrogens is 414 g/mol. The van der Waals surface area contributed by atoms with E-state index < -0.39 is 47.7 Å². The Morgan fingerprint density at radius 3 is 2.50 bits per heavy atom. The maximum absolute atomic E-state index is 13.4. The number of benzene rings is 1. The highest BCUT2D eigenvalue weighted by Crippen LogP contribution is 2.29. The first-order valence-corrected chi connectivity index (χ1v) is 10.8. The molecule has 174 valence electrons. The summed E-state index contributed by atoms with van der Waals surface area (Å²) < 4.78 is 10.2. The van der Waals surface area contributed by atoms with Gasteiger partial charge in [-0.1, -0.05) is 30.3 Å². The molecule has 0 aliphatic carbocycles. The lowest BCUT2D eigenvalue weighted by molar-refractivity contribution is -0.153. The molecule has 3 rings (SSSR count). The summed E-state index contributed by atoms with van der Waals surface area (Å²) in [5, 5.41) is 2.82. The third-order valence-corrected chi connectivity index (χ3v) is 5.64. The summed E-state index contributed by atoms with van der Waals surface area (Å²) in [6.45, 7) is 5.75. The molecule has 1 aromatic rings. The van der Waals surface area contributed by atoms with E-state index in [1.165, 1.54) is 7.11 Å². The van der Waals surface area contributed by atoms with Crippen molar-refractivity contribution in [2.45, 2.75) is 70.2 Å². The Kier molecular flexibility index (Phi) is 7.06. The number of hydrogen-bond acceptors (Lipinski definition) is 6. The fraction of sp³-hybridized carbons (Fsp3) is 0.565. The molecule has 0 radical (unpaired) electrons. The molecule has 0 bridgehead atoms. The van der Waals surface area contributed by atoms with Crippen molar-refractivity contribution in [1.29, 1.82) is 0 Å². The van der Waals surface area contributed by atoms with Gasteiger partial charge in [-0.2, -0.15) is 0 Å². The normalized spacial score (nSPS) is 22.1. The van der Waals surface area contributed by atoms with Crippen LogP contribution in [0.4, 0.5) is 9.59 Å². The van der Waals surface area contributed by atoms with Crippen LogP contribution in [0.5, 0.6) is 0 Å². The number of carbonyl (C=O) groups excluding carboxylic acids is 4. The number of imide groups is 1. The minimum Gasteiger partial charge on any atom is -0.467 e. The van der Waals surface area contributed by atoms with Crippen LogP contribution in [0.2, 0.25) is 0 Å². The largest absolute Gasteiger partial charge is 0.467 e. The maximum Gasteiger partial charge on any atom is 0.407 e. The number of piperidine rings is 1. The number of ether oxygens (including phenoxy) is 2. The van der Waals surface area contributed by atoms with Gasteiger partial charge in [0.2, 0.25) is 5.91 Å². The Hall–Kier alpha value is -3.10. The highest BCUT2D eigenvalue weighted by Gasteiger charge is 2.48. The first-order valence-electron chi connectivity index (χ1n) is 10.8. The summed E-state index contributed by atoms with van der Waals surface area (Å²) in [6.07, 6.45) is 0.887. The number of alkyl carbamates (subject to hydrolysis) is 1. The molecule has 4 amide bonds. The van der Waals surface area contributed by atoms with E-state index in [4.69, 9.17) is 9.47 Å². The molecule has 2 saturated heterocycles. The van der Waals surface area contributed by atoms with E-state index >= 15 is 0 Å². The van der Waals surface area contributed by atoms with Gasteiger partial charge in [-0.25, -0.2) is 19.3 Å². The van der Waals surface area contributed by atoms with Crippen LogP contribution in [-0.4, -0.2) is 71.2 Å². The van der Waals surface area contributed by atoms with Crippen LogP contribution < -0.4 is 5.32 Å². The zero-order valence-electron chi connectivity index (χ0n) is 19.0. The Morgan fingerprint density at radius 1 is 1.19 bits per heavy atom. The smallest absolute Gasteiger partial charge is 0.407 e. The standard InChI is InChI=1S/C23H31N3O6/c1-23(2,3)32-21(29)24-16-11-8-12-25-17(16)14-19(27)26(22(25)30)18(20(28)31-4)13-15-9-6-5-7-10-15/h5-7,9-10,16-18H,8,11-14H2,1-4H3,(H,24,29)/t16-,17+,18+/m1/s1. The quantitative estimate of drug-likeness (QED) is 0.698. The van der Waals surface area contributed by atoms with Gasteiger partial charge in [-0.3, -0.25) is 4.79 Å². The molecule has 1 aromatic carbocycles. The van der Waals surface area contributed by atoms with E-state index in [9.17, 15) is 19.2 Å². The van der Waals surface area contributed by atoms with E-state index in [0.717, 1.165) is 10.5 Å². The van der Waals surface area contributed by atoms with Crippen LogP contribution in [0.3, 0.4) is 0 Å². The zero-order chi connectivity index (χ0) is 23.5. The van der Waals surface area contributed by atoms with Gasteiger partial charge in [0.05, 0.1) is 19.2 Å². The summed E-state index contributed by atoms with van der Waals surface area (Å²) in [5.41, 5.74) is 0.159. The highest BCUT2D eigenvalue weighted by atomic mass is 16.6. The monoisotopic (exact) mass is 445 g/mol. The molecule has 0 aromatic heterocycles. The van der Waals surface area contributed by atoms with Crippen LogP contribution in [0.15, 0.2) is 30.3 Å². The third-order valence-electron chi connectivity index (χ3n) is 5.64. The third kappa shape index (κ3) is 5.38. The van der Waals surface area contributed by atoms with Gasteiger partial charge in [0.25, 0.3) is 0 Å². The molecule has 0 saturated carbocycles. The first-order chi connectivity index (χ1) is 15.1. The second kappa shape index (κ2) is 9.58. The van der Waals surface area contributed by atoms with Gasteiger partial charge < -0.3 is 19.7 Å². The van der Waals surface area contributed by atoms with Crippen LogP contribution in [-0.2, 0) is 25.5 Å². The minimum atomic E-state index is -1.05. The predicted molar refractivity (Wildman–Crippen MR) is 116 cm³/mol. The SMILES string of the molecule is COC(=O)[C@H](Cc1ccccc1)N1C(=O)C[C@H]2[C@H](NC(=O)OC(C)(C)C)CCCN2C1=O. The van der Waals surface area contributed by atoms with E-state index in [1.54, 1.807) is 25.7 Å². The van der Waals surface area contributed by atoms with E-state index in [1.807, 2.05) is 30.3 Å². The second-order valence-electron chi connectivity index (χ2n) is 9.13. The lowest BCUT2D eigenvalue weighted by Crippen LogP contribution is -2.67. The number of methoxy groups -OCH3 is 1. The average Bonchev–Trinajstić information content (AvgIpc) is 2.72.